The van der Waals surface area contributed by atoms with E-state index in [1.54, 1.807) is 20.1 Å². The summed E-state index contributed by atoms with van der Waals surface area (Å²) in [5.74, 6) is -2.49. The summed E-state index contributed by atoms with van der Waals surface area (Å²) >= 11 is 0. The molecule has 2 heterocycles. The lowest BCUT2D eigenvalue weighted by Gasteiger charge is -2.42. The van der Waals surface area contributed by atoms with E-state index >= 15 is 0 Å². The maximum absolute atomic E-state index is 13.3. The van der Waals surface area contributed by atoms with E-state index in [1.165, 1.54) is 12.1 Å². The van der Waals surface area contributed by atoms with Crippen molar-refractivity contribution < 1.29 is 37.0 Å². The van der Waals surface area contributed by atoms with Crippen LogP contribution < -0.4 is 0 Å². The van der Waals surface area contributed by atoms with Crippen molar-refractivity contribution >= 4 is 11.9 Å². The first-order valence-electron chi connectivity index (χ1n) is 9.92. The number of nitrogens with zero attached hydrogens (tertiary/aromatic N) is 2. The quantitative estimate of drug-likeness (QED) is 0.720. The van der Waals surface area contributed by atoms with E-state index in [2.05, 4.69) is 11.9 Å². The van der Waals surface area contributed by atoms with Gasteiger partial charge in [-0.25, -0.2) is 9.18 Å². The fourth-order valence-electron chi connectivity index (χ4n) is 4.49. The average Bonchev–Trinajstić information content (AvgIpc) is 2.96. The Morgan fingerprint density at radius 1 is 1.26 bits per heavy atom. The molecule has 0 radical (unpaired) electrons. The van der Waals surface area contributed by atoms with E-state index in [-0.39, 0.29) is 17.1 Å². The van der Waals surface area contributed by atoms with E-state index in [9.17, 15) is 22.4 Å². The Morgan fingerprint density at radius 3 is 2.32 bits per heavy atom. The van der Waals surface area contributed by atoms with Crippen LogP contribution in [0.5, 0.6) is 0 Å². The van der Waals surface area contributed by atoms with Crippen LogP contribution in [0.15, 0.2) is 18.2 Å². The molecule has 2 aliphatic heterocycles. The third-order valence-corrected chi connectivity index (χ3v) is 6.06. The normalized spacial score (nSPS) is 21.0. The van der Waals surface area contributed by atoms with Crippen LogP contribution in [-0.4, -0.2) is 79.9 Å². The second-order valence-corrected chi connectivity index (χ2v) is 8.27. The molecule has 1 N–H and O–H groups in total. The lowest BCUT2D eigenvalue weighted by atomic mass is 9.71. The number of methoxy groups -OCH3 is 1. The number of ether oxygens (including phenoxy) is 1. The highest BCUT2D eigenvalue weighted by Crippen LogP contribution is 2.44. The van der Waals surface area contributed by atoms with Gasteiger partial charge in [0, 0.05) is 44.8 Å². The molecule has 0 saturated carbocycles. The van der Waals surface area contributed by atoms with Crippen molar-refractivity contribution in [2.75, 3.05) is 46.9 Å². The third-order valence-electron chi connectivity index (χ3n) is 6.06. The highest BCUT2D eigenvalue weighted by molar-refractivity contribution is 5.95. The fourth-order valence-corrected chi connectivity index (χ4v) is 4.49. The highest BCUT2D eigenvalue weighted by Gasteiger charge is 2.47. The number of aryl methyl sites for hydroxylation is 1. The molecule has 3 rings (SSSR count). The van der Waals surface area contributed by atoms with E-state index in [1.807, 2.05) is 4.90 Å². The van der Waals surface area contributed by atoms with Gasteiger partial charge in [0.15, 0.2) is 0 Å². The summed E-state index contributed by atoms with van der Waals surface area (Å²) in [4.78, 5) is 26.0. The molecule has 1 aromatic carbocycles. The summed E-state index contributed by atoms with van der Waals surface area (Å²) < 4.78 is 50.4. The number of carbonyl (C=O) groups excluding carboxylic acids is 1. The fraction of sp³-hybridized carbons (Fsp3) is 0.619. The standard InChI is InChI=1S/C19H27FN2O2.C2HF3O2/c1-14-10-16(20)4-5-17(14)18(23)22-8-6-19(7-9-22)13-21(2)11-15(19)12-24-3;3-2(4,5)1(6)7/h4-5,10,15H,6-9,11-13H2,1-3H3;(H,6,7). The largest absolute Gasteiger partial charge is 0.490 e. The molecule has 6 nitrogen and oxygen atoms in total. The molecule has 0 aromatic heterocycles. The van der Waals surface area contributed by atoms with Crippen LogP contribution in [-0.2, 0) is 9.53 Å². The van der Waals surface area contributed by atoms with Gasteiger partial charge in [0.1, 0.15) is 5.82 Å². The Hall–Kier alpha value is -2.20. The van der Waals surface area contributed by atoms with Gasteiger partial charge in [-0.1, -0.05) is 0 Å². The van der Waals surface area contributed by atoms with Crippen LogP contribution in [0, 0.1) is 24.1 Å². The van der Waals surface area contributed by atoms with Gasteiger partial charge < -0.3 is 19.6 Å². The lowest BCUT2D eigenvalue weighted by Crippen LogP contribution is -2.47. The Labute approximate surface area is 178 Å². The van der Waals surface area contributed by atoms with Crippen molar-refractivity contribution in [2.24, 2.45) is 11.3 Å². The predicted octanol–water partition coefficient (Wildman–Crippen LogP) is 3.20. The number of rotatable bonds is 3. The smallest absolute Gasteiger partial charge is 0.475 e. The molecular weight excluding hydrogens is 420 g/mol. The van der Waals surface area contributed by atoms with Crippen LogP contribution in [0.3, 0.4) is 0 Å². The zero-order valence-corrected chi connectivity index (χ0v) is 17.8. The van der Waals surface area contributed by atoms with Crippen molar-refractivity contribution in [3.05, 3.63) is 35.1 Å². The average molecular weight is 448 g/mol. The van der Waals surface area contributed by atoms with Crippen molar-refractivity contribution in [2.45, 2.75) is 25.9 Å². The molecule has 1 unspecified atom stereocenters. The number of carboxylic acids is 1. The van der Waals surface area contributed by atoms with Crippen LogP contribution in [0.25, 0.3) is 0 Å². The van der Waals surface area contributed by atoms with Gasteiger partial charge in [0.2, 0.25) is 0 Å². The minimum absolute atomic E-state index is 0.0250. The minimum atomic E-state index is -5.08. The Morgan fingerprint density at radius 2 is 1.84 bits per heavy atom. The highest BCUT2D eigenvalue weighted by atomic mass is 19.4. The number of carboxylic acid groups (broad SMARTS) is 1. The molecule has 1 spiro atoms. The molecule has 1 atom stereocenters. The predicted molar refractivity (Wildman–Crippen MR) is 105 cm³/mol. The van der Waals surface area contributed by atoms with Gasteiger partial charge in [-0.15, -0.1) is 0 Å². The first-order valence-corrected chi connectivity index (χ1v) is 9.92. The molecule has 1 aromatic rings. The Kier molecular flexibility index (Phi) is 8.04. The van der Waals surface area contributed by atoms with Gasteiger partial charge in [0.05, 0.1) is 6.61 Å². The molecule has 2 fully saturated rings. The Balaban J connectivity index is 0.000000423. The molecule has 174 valence electrons. The van der Waals surface area contributed by atoms with Gasteiger partial charge in [0.25, 0.3) is 5.91 Å². The SMILES string of the molecule is COCC1CN(C)CC12CCN(C(=O)c1ccc(F)cc1C)CC2.O=C(O)C(F)(F)F. The van der Waals surface area contributed by atoms with Crippen LogP contribution in [0.1, 0.15) is 28.8 Å². The first-order chi connectivity index (χ1) is 14.4. The number of amides is 1. The minimum Gasteiger partial charge on any atom is -0.475 e. The summed E-state index contributed by atoms with van der Waals surface area (Å²) in [7, 11) is 3.93. The van der Waals surface area contributed by atoms with E-state index in [0.29, 0.717) is 17.0 Å². The maximum atomic E-state index is 13.3. The molecule has 2 saturated heterocycles. The molecule has 0 bridgehead atoms. The van der Waals surface area contributed by atoms with Crippen molar-refractivity contribution in [1.29, 1.82) is 0 Å². The third kappa shape index (κ3) is 6.16. The van der Waals surface area contributed by atoms with Crippen molar-refractivity contribution in [3.8, 4) is 0 Å². The topological polar surface area (TPSA) is 70.1 Å². The molecule has 0 aliphatic carbocycles. The van der Waals surface area contributed by atoms with Crippen molar-refractivity contribution in [3.63, 3.8) is 0 Å². The second kappa shape index (κ2) is 9.95. The second-order valence-electron chi connectivity index (χ2n) is 8.27. The molecule has 1 amide bonds. The first kappa shape index (κ1) is 25.1. The van der Waals surface area contributed by atoms with E-state index in [4.69, 9.17) is 14.6 Å². The number of alkyl halides is 3. The molecule has 2 aliphatic rings. The zero-order valence-electron chi connectivity index (χ0n) is 17.8. The maximum Gasteiger partial charge on any atom is 0.490 e. The summed E-state index contributed by atoms with van der Waals surface area (Å²) in [6.45, 7) is 6.27. The number of hydrogen-bond donors (Lipinski definition) is 1. The monoisotopic (exact) mass is 448 g/mol. The summed E-state index contributed by atoms with van der Waals surface area (Å²) in [5.41, 5.74) is 1.59. The number of piperidine rings is 1. The number of halogens is 4. The van der Waals surface area contributed by atoms with Gasteiger partial charge in [-0.05, 0) is 56.0 Å². The summed E-state index contributed by atoms with van der Waals surface area (Å²) in [5, 5.41) is 7.12. The molecule has 31 heavy (non-hydrogen) atoms. The van der Waals surface area contributed by atoms with Crippen LogP contribution >= 0.6 is 0 Å². The lowest BCUT2D eigenvalue weighted by molar-refractivity contribution is -0.192. The zero-order chi connectivity index (χ0) is 23.4. The molecule has 10 heteroatoms. The Bertz CT molecular complexity index is 792. The summed E-state index contributed by atoms with van der Waals surface area (Å²) in [6.07, 6.45) is -3.06. The van der Waals surface area contributed by atoms with Crippen LogP contribution in [0.4, 0.5) is 17.6 Å². The number of likely N-dealkylation sites (tertiary alicyclic amines) is 2. The summed E-state index contributed by atoms with van der Waals surface area (Å²) in [6, 6.07) is 4.40. The van der Waals surface area contributed by atoms with Gasteiger partial charge >= 0.3 is 12.1 Å². The van der Waals surface area contributed by atoms with Gasteiger partial charge in [-0.2, -0.15) is 13.2 Å². The number of carbonyl (C=O) groups is 2. The van der Waals surface area contributed by atoms with E-state index in [0.717, 1.165) is 45.6 Å². The number of aliphatic carboxylic acids is 1. The van der Waals surface area contributed by atoms with Gasteiger partial charge in [-0.3, -0.25) is 4.79 Å². The van der Waals surface area contributed by atoms with Crippen LogP contribution in [0.2, 0.25) is 0 Å². The molecular formula is C21H28F4N2O4. The number of benzene rings is 1. The van der Waals surface area contributed by atoms with Crippen molar-refractivity contribution in [1.82, 2.24) is 9.80 Å². The van der Waals surface area contributed by atoms with E-state index < -0.39 is 12.1 Å². The number of hydrogen-bond acceptors (Lipinski definition) is 4.